The first-order valence-corrected chi connectivity index (χ1v) is 4.63. The largest absolute Gasteiger partial charge is 0.480 e. The summed E-state index contributed by atoms with van der Waals surface area (Å²) in [5, 5.41) is 15.4. The molecule has 2 aromatic rings. The van der Waals surface area contributed by atoms with E-state index < -0.39 is 5.97 Å². The summed E-state index contributed by atoms with van der Waals surface area (Å²) in [5.74, 6) is 0.202. The van der Waals surface area contributed by atoms with Gasteiger partial charge >= 0.3 is 5.97 Å². The van der Waals surface area contributed by atoms with Crippen LogP contribution >= 0.6 is 0 Å². The smallest absolute Gasteiger partial charge is 0.360 e. The van der Waals surface area contributed by atoms with Gasteiger partial charge in [0.05, 0.1) is 20.4 Å². The van der Waals surface area contributed by atoms with Gasteiger partial charge < -0.3 is 9.47 Å². The molecule has 8 nitrogen and oxygen atoms in total. The van der Waals surface area contributed by atoms with E-state index in [1.165, 1.54) is 25.2 Å². The average molecular weight is 235 g/mol. The van der Waals surface area contributed by atoms with Crippen LogP contribution in [0.3, 0.4) is 0 Å². The lowest BCUT2D eigenvalue weighted by molar-refractivity contribution is 0.0593. The lowest BCUT2D eigenvalue weighted by Gasteiger charge is -1.99. The van der Waals surface area contributed by atoms with Crippen LogP contribution in [0.15, 0.2) is 18.3 Å². The van der Waals surface area contributed by atoms with Gasteiger partial charge in [-0.1, -0.05) is 0 Å². The molecule has 0 aliphatic carbocycles. The number of carbonyl (C=O) groups is 1. The van der Waals surface area contributed by atoms with Crippen LogP contribution in [0.4, 0.5) is 0 Å². The molecule has 2 heterocycles. The fourth-order valence-electron chi connectivity index (χ4n) is 1.10. The quantitative estimate of drug-likeness (QED) is 0.683. The molecule has 0 aliphatic rings. The van der Waals surface area contributed by atoms with Gasteiger partial charge in [0, 0.05) is 6.07 Å². The maximum absolute atomic E-state index is 11.2. The minimum Gasteiger partial charge on any atom is -0.480 e. The van der Waals surface area contributed by atoms with Gasteiger partial charge in [0.1, 0.15) is 0 Å². The summed E-state index contributed by atoms with van der Waals surface area (Å²) >= 11 is 0. The second kappa shape index (κ2) is 4.56. The van der Waals surface area contributed by atoms with Crippen molar-refractivity contribution in [3.8, 4) is 11.7 Å². The molecule has 0 spiro atoms. The summed E-state index contributed by atoms with van der Waals surface area (Å²) in [7, 11) is 2.76. The Morgan fingerprint density at radius 3 is 2.71 bits per heavy atom. The minimum absolute atomic E-state index is 0.102. The van der Waals surface area contributed by atoms with E-state index in [0.29, 0.717) is 11.7 Å². The zero-order chi connectivity index (χ0) is 12.3. The van der Waals surface area contributed by atoms with Gasteiger partial charge in [-0.05, 0) is 6.07 Å². The summed E-state index contributed by atoms with van der Waals surface area (Å²) in [6.45, 7) is 0. The Bertz CT molecular complexity index is 522. The highest BCUT2D eigenvalue weighted by molar-refractivity contribution is 5.86. The maximum Gasteiger partial charge on any atom is 0.360 e. The van der Waals surface area contributed by atoms with Crippen molar-refractivity contribution in [3.63, 3.8) is 0 Å². The van der Waals surface area contributed by atoms with Gasteiger partial charge in [-0.25, -0.2) is 4.79 Å². The molecule has 0 N–H and O–H groups in total. The van der Waals surface area contributed by atoms with Gasteiger partial charge in [-0.2, -0.15) is 5.10 Å². The van der Waals surface area contributed by atoms with Crippen molar-refractivity contribution in [3.05, 3.63) is 24.0 Å². The molecule has 8 heteroatoms. The monoisotopic (exact) mass is 235 g/mol. The lowest BCUT2D eigenvalue weighted by atomic mass is 10.5. The molecule has 17 heavy (non-hydrogen) atoms. The fourth-order valence-corrected chi connectivity index (χ4v) is 1.10. The topological polar surface area (TPSA) is 92.0 Å². The number of rotatable bonds is 3. The molecule has 0 atom stereocenters. The van der Waals surface area contributed by atoms with Crippen molar-refractivity contribution in [1.82, 2.24) is 25.2 Å². The second-order valence-electron chi connectivity index (χ2n) is 2.94. The Morgan fingerprint density at radius 1 is 1.29 bits per heavy atom. The van der Waals surface area contributed by atoms with Crippen LogP contribution in [0.2, 0.25) is 0 Å². The predicted molar refractivity (Wildman–Crippen MR) is 54.8 cm³/mol. The number of carbonyl (C=O) groups excluding carboxylic acids is 1. The molecular formula is C9H9N5O3. The third-order valence-corrected chi connectivity index (χ3v) is 1.93. The van der Waals surface area contributed by atoms with Gasteiger partial charge in [0.15, 0.2) is 11.5 Å². The number of nitrogens with zero attached hydrogens (tertiary/aromatic N) is 5. The molecule has 0 fully saturated rings. The Kier molecular flexibility index (Phi) is 2.95. The fraction of sp³-hybridized carbons (Fsp3) is 0.222. The van der Waals surface area contributed by atoms with E-state index in [-0.39, 0.29) is 5.69 Å². The van der Waals surface area contributed by atoms with Crippen LogP contribution in [0, 0.1) is 0 Å². The molecule has 0 aromatic carbocycles. The van der Waals surface area contributed by atoms with Crippen LogP contribution in [0.25, 0.3) is 5.82 Å². The highest BCUT2D eigenvalue weighted by atomic mass is 16.5. The summed E-state index contributed by atoms with van der Waals surface area (Å²) in [6, 6.07) is 3.23. The Hall–Kier alpha value is -2.51. The highest BCUT2D eigenvalue weighted by Crippen LogP contribution is 2.06. The first-order chi connectivity index (χ1) is 8.24. The second-order valence-corrected chi connectivity index (χ2v) is 2.94. The standard InChI is InChI=1S/C9H9N5O3/c1-16-8-4-3-7(11-12-8)14-10-5-6(13-14)9(15)17-2/h3-5H,1-2H3. The zero-order valence-electron chi connectivity index (χ0n) is 9.19. The molecule has 0 amide bonds. The summed E-state index contributed by atoms with van der Waals surface area (Å²) in [4.78, 5) is 12.3. The van der Waals surface area contributed by atoms with Gasteiger partial charge in [0.2, 0.25) is 5.88 Å². The van der Waals surface area contributed by atoms with E-state index in [9.17, 15) is 4.79 Å². The summed E-state index contributed by atoms with van der Waals surface area (Å²) in [6.07, 6.45) is 1.29. The van der Waals surface area contributed by atoms with Gasteiger partial charge in [-0.15, -0.1) is 20.1 Å². The van der Waals surface area contributed by atoms with Crippen molar-refractivity contribution in [1.29, 1.82) is 0 Å². The molecule has 0 unspecified atom stereocenters. The molecule has 0 radical (unpaired) electrons. The summed E-state index contributed by atoms with van der Waals surface area (Å²) < 4.78 is 9.38. The molecule has 0 bridgehead atoms. The molecule has 0 saturated carbocycles. The Balaban J connectivity index is 2.27. The third kappa shape index (κ3) is 2.19. The number of aromatic nitrogens is 5. The molecule has 88 valence electrons. The first kappa shape index (κ1) is 11.0. The van der Waals surface area contributed by atoms with Crippen LogP contribution < -0.4 is 4.74 Å². The molecule has 0 saturated heterocycles. The number of methoxy groups -OCH3 is 2. The number of ether oxygens (including phenoxy) is 2. The zero-order valence-corrected chi connectivity index (χ0v) is 9.19. The SMILES string of the molecule is COC(=O)c1cnn(-c2ccc(OC)nn2)n1. The molecular weight excluding hydrogens is 226 g/mol. The van der Waals surface area contributed by atoms with Gasteiger partial charge in [-0.3, -0.25) is 0 Å². The number of hydrogen-bond acceptors (Lipinski definition) is 7. The average Bonchev–Trinajstić information content (AvgIpc) is 2.87. The lowest BCUT2D eigenvalue weighted by Crippen LogP contribution is -2.06. The van der Waals surface area contributed by atoms with Crippen molar-refractivity contribution < 1.29 is 14.3 Å². The first-order valence-electron chi connectivity index (χ1n) is 4.63. The van der Waals surface area contributed by atoms with Crippen LogP contribution in [-0.4, -0.2) is 45.4 Å². The van der Waals surface area contributed by atoms with E-state index >= 15 is 0 Å². The van der Waals surface area contributed by atoms with E-state index in [1.807, 2.05) is 0 Å². The van der Waals surface area contributed by atoms with E-state index in [4.69, 9.17) is 4.74 Å². The van der Waals surface area contributed by atoms with Gasteiger partial charge in [0.25, 0.3) is 0 Å². The van der Waals surface area contributed by atoms with Crippen LogP contribution in [0.1, 0.15) is 10.5 Å². The maximum atomic E-state index is 11.2. The minimum atomic E-state index is -0.558. The van der Waals surface area contributed by atoms with E-state index in [0.717, 1.165) is 0 Å². The Labute approximate surface area is 96.2 Å². The molecule has 0 aliphatic heterocycles. The van der Waals surface area contributed by atoms with Crippen molar-refractivity contribution in [2.45, 2.75) is 0 Å². The molecule has 2 rings (SSSR count). The van der Waals surface area contributed by atoms with E-state index in [2.05, 4.69) is 25.1 Å². The highest BCUT2D eigenvalue weighted by Gasteiger charge is 2.12. The van der Waals surface area contributed by atoms with Crippen LogP contribution in [0.5, 0.6) is 5.88 Å². The van der Waals surface area contributed by atoms with Crippen molar-refractivity contribution in [2.75, 3.05) is 14.2 Å². The van der Waals surface area contributed by atoms with E-state index in [1.54, 1.807) is 12.1 Å². The van der Waals surface area contributed by atoms with Crippen molar-refractivity contribution >= 4 is 5.97 Å². The number of esters is 1. The molecule has 2 aromatic heterocycles. The Morgan fingerprint density at radius 2 is 2.12 bits per heavy atom. The van der Waals surface area contributed by atoms with Crippen LogP contribution in [-0.2, 0) is 4.74 Å². The normalized spacial score (nSPS) is 10.0. The summed E-state index contributed by atoms with van der Waals surface area (Å²) in [5.41, 5.74) is 0.102. The predicted octanol–water partition coefficient (Wildman–Crippen LogP) is -0.148. The third-order valence-electron chi connectivity index (χ3n) is 1.93. The number of hydrogen-bond donors (Lipinski definition) is 0. The van der Waals surface area contributed by atoms with Crippen molar-refractivity contribution in [2.24, 2.45) is 0 Å².